The fraction of sp³-hybridized carbons (Fsp3) is 0.286. The monoisotopic (exact) mass is 387 g/mol. The molecule has 0 saturated carbocycles. The summed E-state index contributed by atoms with van der Waals surface area (Å²) < 4.78 is 2.22. The smallest absolute Gasteiger partial charge is 0.0361 e. The lowest BCUT2D eigenvalue weighted by molar-refractivity contribution is 0.550. The lowest BCUT2D eigenvalue weighted by atomic mass is 10.0. The van der Waals surface area contributed by atoms with E-state index in [0.29, 0.717) is 6.04 Å². The molecule has 0 aliphatic rings. The van der Waals surface area contributed by atoms with E-state index in [4.69, 9.17) is 0 Å². The minimum Gasteiger partial charge on any atom is -0.310 e. The molecule has 2 aromatic rings. The summed E-state index contributed by atoms with van der Waals surface area (Å²) in [5, 5.41) is 7.91. The minimum absolute atomic E-state index is 0.360. The van der Waals surface area contributed by atoms with E-state index < -0.39 is 0 Å². The molecule has 96 valence electrons. The topological polar surface area (TPSA) is 12.0 Å². The fourth-order valence-corrected chi connectivity index (χ4v) is 3.99. The third-order valence-corrected chi connectivity index (χ3v) is 4.41. The van der Waals surface area contributed by atoms with Crippen molar-refractivity contribution < 1.29 is 0 Å². The average molecular weight is 389 g/mol. The normalized spacial score (nSPS) is 12.6. The van der Waals surface area contributed by atoms with Crippen LogP contribution >= 0.6 is 43.2 Å². The van der Waals surface area contributed by atoms with Crippen LogP contribution in [0.4, 0.5) is 0 Å². The van der Waals surface area contributed by atoms with Crippen molar-refractivity contribution in [2.45, 2.75) is 19.4 Å². The molecule has 0 fully saturated rings. The van der Waals surface area contributed by atoms with Gasteiger partial charge in [0.1, 0.15) is 0 Å². The molecule has 4 heteroatoms. The van der Waals surface area contributed by atoms with Gasteiger partial charge in [-0.1, -0.05) is 38.8 Å². The van der Waals surface area contributed by atoms with Crippen LogP contribution in [-0.4, -0.2) is 6.54 Å². The SMILES string of the molecule is CCNC(Cc1ccsc1)c1cc(Br)cc(Br)c1. The van der Waals surface area contributed by atoms with Crippen LogP contribution in [0.1, 0.15) is 24.1 Å². The maximum absolute atomic E-state index is 3.55. The Labute approximate surface area is 129 Å². The summed E-state index contributed by atoms with van der Waals surface area (Å²) in [6.45, 7) is 3.12. The van der Waals surface area contributed by atoms with Crippen LogP contribution in [0.2, 0.25) is 0 Å². The summed E-state index contributed by atoms with van der Waals surface area (Å²) >= 11 is 8.86. The third kappa shape index (κ3) is 3.92. The van der Waals surface area contributed by atoms with Crippen molar-refractivity contribution >= 4 is 43.2 Å². The molecular weight excluding hydrogens is 374 g/mol. The molecule has 1 heterocycles. The molecule has 0 aliphatic carbocycles. The van der Waals surface area contributed by atoms with Gasteiger partial charge in [-0.25, -0.2) is 0 Å². The summed E-state index contributed by atoms with van der Waals surface area (Å²) in [6, 6.07) is 8.99. The van der Waals surface area contributed by atoms with Gasteiger partial charge in [-0.15, -0.1) is 0 Å². The van der Waals surface area contributed by atoms with Gasteiger partial charge >= 0.3 is 0 Å². The van der Waals surface area contributed by atoms with Gasteiger partial charge in [-0.05, 0) is 59.1 Å². The van der Waals surface area contributed by atoms with Gasteiger partial charge in [0.05, 0.1) is 0 Å². The Balaban J connectivity index is 2.23. The van der Waals surface area contributed by atoms with E-state index in [9.17, 15) is 0 Å². The van der Waals surface area contributed by atoms with Gasteiger partial charge in [0.15, 0.2) is 0 Å². The van der Waals surface area contributed by atoms with E-state index in [1.54, 1.807) is 11.3 Å². The summed E-state index contributed by atoms with van der Waals surface area (Å²) in [4.78, 5) is 0. The molecule has 18 heavy (non-hydrogen) atoms. The molecule has 1 aromatic heterocycles. The Hall–Kier alpha value is -0.160. The number of nitrogens with one attached hydrogen (secondary N) is 1. The maximum atomic E-state index is 3.55. The molecule has 1 aromatic carbocycles. The molecule has 0 saturated heterocycles. The lowest BCUT2D eigenvalue weighted by Gasteiger charge is -2.18. The Bertz CT molecular complexity index is 476. The van der Waals surface area contributed by atoms with Crippen molar-refractivity contribution in [3.05, 3.63) is 55.1 Å². The number of benzene rings is 1. The van der Waals surface area contributed by atoms with Crippen molar-refractivity contribution in [3.63, 3.8) is 0 Å². The van der Waals surface area contributed by atoms with Crippen molar-refractivity contribution in [2.24, 2.45) is 0 Å². The predicted molar refractivity (Wildman–Crippen MR) is 86.3 cm³/mol. The summed E-state index contributed by atoms with van der Waals surface area (Å²) in [5.74, 6) is 0. The Morgan fingerprint density at radius 2 is 1.94 bits per heavy atom. The van der Waals surface area contributed by atoms with E-state index in [0.717, 1.165) is 21.9 Å². The Kier molecular flexibility index (Phi) is 5.42. The molecule has 1 nitrogen and oxygen atoms in total. The maximum Gasteiger partial charge on any atom is 0.0361 e. The van der Waals surface area contributed by atoms with E-state index in [2.05, 4.69) is 79.1 Å². The highest BCUT2D eigenvalue weighted by molar-refractivity contribution is 9.11. The molecular formula is C14H15Br2NS. The van der Waals surface area contributed by atoms with Gasteiger partial charge < -0.3 is 5.32 Å². The number of hydrogen-bond acceptors (Lipinski definition) is 2. The molecule has 0 radical (unpaired) electrons. The zero-order valence-electron chi connectivity index (χ0n) is 10.1. The molecule has 0 bridgehead atoms. The average Bonchev–Trinajstić information content (AvgIpc) is 2.80. The zero-order valence-corrected chi connectivity index (χ0v) is 14.1. The summed E-state index contributed by atoms with van der Waals surface area (Å²) in [5.41, 5.74) is 2.70. The lowest BCUT2D eigenvalue weighted by Crippen LogP contribution is -2.22. The van der Waals surface area contributed by atoms with Crippen LogP contribution in [-0.2, 0) is 6.42 Å². The van der Waals surface area contributed by atoms with Crippen LogP contribution in [0, 0.1) is 0 Å². The van der Waals surface area contributed by atoms with Crippen LogP contribution < -0.4 is 5.32 Å². The molecule has 1 N–H and O–H groups in total. The van der Waals surface area contributed by atoms with E-state index >= 15 is 0 Å². The quantitative estimate of drug-likeness (QED) is 0.745. The number of thiophene rings is 1. The van der Waals surface area contributed by atoms with Crippen molar-refractivity contribution in [1.82, 2.24) is 5.32 Å². The first kappa shape index (κ1) is 14.3. The molecule has 2 rings (SSSR count). The Morgan fingerprint density at radius 1 is 1.22 bits per heavy atom. The fourth-order valence-electron chi connectivity index (χ4n) is 1.98. The molecule has 0 amide bonds. The highest BCUT2D eigenvalue weighted by Crippen LogP contribution is 2.26. The standard InChI is InChI=1S/C14H15Br2NS/c1-2-17-14(5-10-3-4-18-9-10)11-6-12(15)8-13(16)7-11/h3-4,6-9,14,17H,2,5H2,1H3. The second kappa shape index (κ2) is 6.85. The molecule has 0 aliphatic heterocycles. The zero-order chi connectivity index (χ0) is 13.0. The van der Waals surface area contributed by atoms with Crippen molar-refractivity contribution in [3.8, 4) is 0 Å². The van der Waals surface area contributed by atoms with Gasteiger partial charge in [-0.2, -0.15) is 11.3 Å². The summed E-state index contributed by atoms with van der Waals surface area (Å²) in [7, 11) is 0. The highest BCUT2D eigenvalue weighted by atomic mass is 79.9. The van der Waals surface area contributed by atoms with E-state index in [-0.39, 0.29) is 0 Å². The van der Waals surface area contributed by atoms with Gasteiger partial charge in [0.2, 0.25) is 0 Å². The molecule has 0 spiro atoms. The molecule has 1 unspecified atom stereocenters. The second-order valence-electron chi connectivity index (χ2n) is 4.15. The van der Waals surface area contributed by atoms with Crippen LogP contribution in [0.5, 0.6) is 0 Å². The first-order chi connectivity index (χ1) is 8.69. The Morgan fingerprint density at radius 3 is 2.50 bits per heavy atom. The third-order valence-electron chi connectivity index (χ3n) is 2.76. The molecule has 1 atom stereocenters. The first-order valence-electron chi connectivity index (χ1n) is 5.89. The van der Waals surface area contributed by atoms with E-state index in [1.165, 1.54) is 11.1 Å². The van der Waals surface area contributed by atoms with Crippen LogP contribution in [0.25, 0.3) is 0 Å². The highest BCUT2D eigenvalue weighted by Gasteiger charge is 2.12. The van der Waals surface area contributed by atoms with Crippen LogP contribution in [0.15, 0.2) is 44.0 Å². The number of likely N-dealkylation sites (N-methyl/N-ethyl adjacent to an activating group) is 1. The predicted octanol–water partition coefficient (Wildman–Crippen LogP) is 5.17. The number of hydrogen-bond donors (Lipinski definition) is 1. The van der Waals surface area contributed by atoms with Crippen LogP contribution in [0.3, 0.4) is 0 Å². The van der Waals surface area contributed by atoms with Gasteiger partial charge in [0.25, 0.3) is 0 Å². The second-order valence-corrected chi connectivity index (χ2v) is 6.76. The van der Waals surface area contributed by atoms with E-state index in [1.807, 2.05) is 0 Å². The minimum atomic E-state index is 0.360. The van der Waals surface area contributed by atoms with Gasteiger partial charge in [0, 0.05) is 15.0 Å². The van der Waals surface area contributed by atoms with Crippen molar-refractivity contribution in [1.29, 1.82) is 0 Å². The van der Waals surface area contributed by atoms with Gasteiger partial charge in [-0.3, -0.25) is 0 Å². The number of rotatable bonds is 5. The largest absolute Gasteiger partial charge is 0.310 e. The summed E-state index contributed by atoms with van der Waals surface area (Å²) in [6.07, 6.45) is 1.03. The van der Waals surface area contributed by atoms with Crippen molar-refractivity contribution in [2.75, 3.05) is 6.54 Å². The first-order valence-corrected chi connectivity index (χ1v) is 8.42. The number of halogens is 2.